The Morgan fingerprint density at radius 2 is 2.00 bits per heavy atom. The van der Waals surface area contributed by atoms with Crippen molar-refractivity contribution >= 4 is 5.91 Å². The maximum absolute atomic E-state index is 12.8. The summed E-state index contributed by atoms with van der Waals surface area (Å²) in [5.41, 5.74) is -1.76. The molecule has 0 aliphatic heterocycles. The summed E-state index contributed by atoms with van der Waals surface area (Å²) in [7, 11) is 1.31. The number of hydrogen-bond donors (Lipinski definition) is 2. The van der Waals surface area contributed by atoms with E-state index in [4.69, 9.17) is 0 Å². The molecule has 0 saturated heterocycles. The number of alkyl halides is 3. The summed E-state index contributed by atoms with van der Waals surface area (Å²) < 4.78 is 39.2. The first-order chi connectivity index (χ1) is 9.70. The Kier molecular flexibility index (Phi) is 5.77. The number of carbonyl (C=O) groups is 1. The minimum absolute atomic E-state index is 0.00119. The molecule has 0 aromatic carbocycles. The van der Waals surface area contributed by atoms with E-state index in [0.29, 0.717) is 0 Å². The SMILES string of the molecule is CCC(CC)C(O)CNC(=O)c1cn(C)nc1C(F)(F)F. The molecule has 0 aliphatic rings. The van der Waals surface area contributed by atoms with Gasteiger partial charge in [0.2, 0.25) is 0 Å². The molecule has 2 N–H and O–H groups in total. The normalized spacial score (nSPS) is 13.5. The second-order valence-corrected chi connectivity index (χ2v) is 4.92. The highest BCUT2D eigenvalue weighted by atomic mass is 19.4. The zero-order chi connectivity index (χ0) is 16.2. The molecule has 1 unspecified atom stereocenters. The van der Waals surface area contributed by atoms with Crippen molar-refractivity contribution in [3.05, 3.63) is 17.5 Å². The van der Waals surface area contributed by atoms with Crippen LogP contribution >= 0.6 is 0 Å². The molecule has 0 radical (unpaired) electrons. The Labute approximate surface area is 121 Å². The minimum atomic E-state index is -4.69. The van der Waals surface area contributed by atoms with Gasteiger partial charge in [0.1, 0.15) is 0 Å². The Balaban J connectivity index is 2.77. The summed E-state index contributed by atoms with van der Waals surface area (Å²) in [6.45, 7) is 3.72. The Hall–Kier alpha value is -1.57. The van der Waals surface area contributed by atoms with Crippen LogP contribution in [0.25, 0.3) is 0 Å². The Morgan fingerprint density at radius 1 is 1.43 bits per heavy atom. The molecule has 5 nitrogen and oxygen atoms in total. The van der Waals surface area contributed by atoms with E-state index < -0.39 is 29.4 Å². The van der Waals surface area contributed by atoms with Gasteiger partial charge in [-0.1, -0.05) is 26.7 Å². The van der Waals surface area contributed by atoms with Gasteiger partial charge >= 0.3 is 6.18 Å². The molecule has 0 saturated carbocycles. The number of rotatable bonds is 6. The molecule has 0 bridgehead atoms. The van der Waals surface area contributed by atoms with Gasteiger partial charge in [-0.05, 0) is 5.92 Å². The van der Waals surface area contributed by atoms with Crippen LogP contribution in [-0.2, 0) is 13.2 Å². The van der Waals surface area contributed by atoms with Crippen molar-refractivity contribution in [2.75, 3.05) is 6.54 Å². The lowest BCUT2D eigenvalue weighted by atomic mass is 9.96. The lowest BCUT2D eigenvalue weighted by molar-refractivity contribution is -0.141. The van der Waals surface area contributed by atoms with Gasteiger partial charge in [0, 0.05) is 19.8 Å². The van der Waals surface area contributed by atoms with Crippen molar-refractivity contribution in [3.63, 3.8) is 0 Å². The number of aliphatic hydroxyl groups excluding tert-OH is 1. The number of aromatic nitrogens is 2. The highest BCUT2D eigenvalue weighted by Crippen LogP contribution is 2.30. The number of halogens is 3. The largest absolute Gasteiger partial charge is 0.435 e. The molecule has 1 rings (SSSR count). The number of carbonyl (C=O) groups excluding carboxylic acids is 1. The van der Waals surface area contributed by atoms with Crippen LogP contribution in [-0.4, -0.2) is 33.4 Å². The average Bonchev–Trinajstić information content (AvgIpc) is 2.79. The summed E-state index contributed by atoms with van der Waals surface area (Å²) in [6, 6.07) is 0. The van der Waals surface area contributed by atoms with Crippen molar-refractivity contribution in [2.45, 2.75) is 39.0 Å². The molecule has 0 aliphatic carbocycles. The van der Waals surface area contributed by atoms with Crippen molar-refractivity contribution < 1.29 is 23.1 Å². The predicted molar refractivity (Wildman–Crippen MR) is 70.6 cm³/mol. The van der Waals surface area contributed by atoms with E-state index in [2.05, 4.69) is 10.4 Å². The van der Waals surface area contributed by atoms with E-state index in [1.807, 2.05) is 13.8 Å². The quantitative estimate of drug-likeness (QED) is 0.844. The fourth-order valence-corrected chi connectivity index (χ4v) is 2.16. The molecule has 1 aromatic heterocycles. The summed E-state index contributed by atoms with van der Waals surface area (Å²) in [6.07, 6.45) is -3.00. The molecule has 1 aromatic rings. The second kappa shape index (κ2) is 6.93. The summed E-state index contributed by atoms with van der Waals surface area (Å²) in [4.78, 5) is 11.9. The van der Waals surface area contributed by atoms with Gasteiger partial charge in [-0.2, -0.15) is 18.3 Å². The highest BCUT2D eigenvalue weighted by Gasteiger charge is 2.39. The van der Waals surface area contributed by atoms with Gasteiger partial charge in [0.25, 0.3) is 5.91 Å². The molecule has 1 heterocycles. The summed E-state index contributed by atoms with van der Waals surface area (Å²) >= 11 is 0. The van der Waals surface area contributed by atoms with Crippen molar-refractivity contribution in [2.24, 2.45) is 13.0 Å². The molecule has 1 amide bonds. The van der Waals surface area contributed by atoms with Crippen LogP contribution in [0.15, 0.2) is 6.20 Å². The zero-order valence-corrected chi connectivity index (χ0v) is 12.2. The number of aliphatic hydroxyl groups is 1. The Morgan fingerprint density at radius 3 is 2.48 bits per heavy atom. The van der Waals surface area contributed by atoms with Gasteiger partial charge in [0.15, 0.2) is 5.69 Å². The van der Waals surface area contributed by atoms with Crippen LogP contribution in [0.2, 0.25) is 0 Å². The van der Waals surface area contributed by atoms with E-state index in [-0.39, 0.29) is 12.5 Å². The van der Waals surface area contributed by atoms with Crippen molar-refractivity contribution in [3.8, 4) is 0 Å². The first-order valence-electron chi connectivity index (χ1n) is 6.77. The Bertz CT molecular complexity index is 481. The fourth-order valence-electron chi connectivity index (χ4n) is 2.16. The number of aryl methyl sites for hydroxylation is 1. The maximum atomic E-state index is 12.8. The molecule has 21 heavy (non-hydrogen) atoms. The maximum Gasteiger partial charge on any atom is 0.435 e. The van der Waals surface area contributed by atoms with Crippen LogP contribution in [0.3, 0.4) is 0 Å². The molecular weight excluding hydrogens is 287 g/mol. The average molecular weight is 307 g/mol. The third-order valence-electron chi connectivity index (χ3n) is 3.41. The zero-order valence-electron chi connectivity index (χ0n) is 12.2. The monoisotopic (exact) mass is 307 g/mol. The predicted octanol–water partition coefficient (Wildman–Crippen LogP) is 1.97. The van der Waals surface area contributed by atoms with E-state index in [1.165, 1.54) is 7.05 Å². The van der Waals surface area contributed by atoms with Gasteiger partial charge in [-0.15, -0.1) is 0 Å². The fraction of sp³-hybridized carbons (Fsp3) is 0.692. The standard InChI is InChI=1S/C13H20F3N3O2/c1-4-8(5-2)10(20)6-17-12(21)9-7-19(3)18-11(9)13(14,15)16/h7-8,10,20H,4-6H2,1-3H3,(H,17,21). The van der Waals surface area contributed by atoms with Crippen LogP contribution in [0.5, 0.6) is 0 Å². The van der Waals surface area contributed by atoms with Crippen LogP contribution in [0.4, 0.5) is 13.2 Å². The van der Waals surface area contributed by atoms with Gasteiger partial charge in [0.05, 0.1) is 11.7 Å². The van der Waals surface area contributed by atoms with E-state index in [9.17, 15) is 23.1 Å². The number of nitrogens with zero attached hydrogens (tertiary/aromatic N) is 2. The summed E-state index contributed by atoms with van der Waals surface area (Å²) in [5, 5.41) is 15.5. The number of amides is 1. The molecule has 120 valence electrons. The molecule has 0 fully saturated rings. The van der Waals surface area contributed by atoms with Crippen LogP contribution in [0, 0.1) is 5.92 Å². The lowest BCUT2D eigenvalue weighted by Gasteiger charge is -2.20. The second-order valence-electron chi connectivity index (χ2n) is 4.92. The van der Waals surface area contributed by atoms with Crippen molar-refractivity contribution in [1.82, 2.24) is 15.1 Å². The molecule has 0 spiro atoms. The van der Waals surface area contributed by atoms with Crippen LogP contribution < -0.4 is 5.32 Å². The van der Waals surface area contributed by atoms with E-state index >= 15 is 0 Å². The van der Waals surface area contributed by atoms with Gasteiger partial charge < -0.3 is 10.4 Å². The van der Waals surface area contributed by atoms with Crippen molar-refractivity contribution in [1.29, 1.82) is 0 Å². The first kappa shape index (κ1) is 17.5. The minimum Gasteiger partial charge on any atom is -0.391 e. The molecular formula is C13H20F3N3O2. The number of nitrogens with one attached hydrogen (secondary N) is 1. The first-order valence-corrected chi connectivity index (χ1v) is 6.77. The third kappa shape index (κ3) is 4.45. The molecule has 8 heteroatoms. The topological polar surface area (TPSA) is 67.2 Å². The highest BCUT2D eigenvalue weighted by molar-refractivity contribution is 5.95. The van der Waals surface area contributed by atoms with Crippen LogP contribution in [0.1, 0.15) is 42.7 Å². The van der Waals surface area contributed by atoms with Gasteiger partial charge in [-0.25, -0.2) is 0 Å². The smallest absolute Gasteiger partial charge is 0.391 e. The summed E-state index contributed by atoms with van der Waals surface area (Å²) in [5.74, 6) is -0.887. The van der Waals surface area contributed by atoms with E-state index in [0.717, 1.165) is 23.7 Å². The lowest BCUT2D eigenvalue weighted by Crippen LogP contribution is -2.36. The van der Waals surface area contributed by atoms with E-state index in [1.54, 1.807) is 0 Å². The third-order valence-corrected chi connectivity index (χ3v) is 3.41. The van der Waals surface area contributed by atoms with Gasteiger partial charge in [-0.3, -0.25) is 9.48 Å². The molecule has 1 atom stereocenters. The number of hydrogen-bond acceptors (Lipinski definition) is 3.